The van der Waals surface area contributed by atoms with Crippen LogP contribution in [-0.4, -0.2) is 78.3 Å². The van der Waals surface area contributed by atoms with Crippen molar-refractivity contribution in [1.29, 1.82) is 0 Å². The van der Waals surface area contributed by atoms with Crippen molar-refractivity contribution >= 4 is 17.5 Å². The van der Waals surface area contributed by atoms with Gasteiger partial charge >= 0.3 is 0 Å². The van der Waals surface area contributed by atoms with Gasteiger partial charge in [0.1, 0.15) is 12.4 Å². The maximum absolute atomic E-state index is 14.7. The van der Waals surface area contributed by atoms with Gasteiger partial charge in [-0.05, 0) is 31.4 Å². The van der Waals surface area contributed by atoms with E-state index in [1.807, 2.05) is 31.2 Å². The van der Waals surface area contributed by atoms with E-state index < -0.39 is 0 Å². The Morgan fingerprint density at radius 1 is 1.05 bits per heavy atom. The molecule has 3 aliphatic rings. The molecule has 5 rings (SSSR count). The van der Waals surface area contributed by atoms with Crippen molar-refractivity contribution in [2.24, 2.45) is 11.0 Å². The fourth-order valence-electron chi connectivity index (χ4n) is 5.67. The number of ether oxygens (including phenoxy) is 1. The van der Waals surface area contributed by atoms with E-state index in [0.717, 1.165) is 49.9 Å². The molecule has 0 bridgehead atoms. The van der Waals surface area contributed by atoms with Gasteiger partial charge in [-0.2, -0.15) is 5.10 Å². The van der Waals surface area contributed by atoms with Crippen molar-refractivity contribution in [3.63, 3.8) is 0 Å². The molecule has 1 atom stereocenters. The highest BCUT2D eigenvalue weighted by Gasteiger charge is 2.36. The number of morpholine rings is 1. The standard InChI is InChI=1S/C30H37FN4O3/c1-22-10-12-23(13-11-22)28-20-27(25-8-4-5-9-26(25)31)32-35(28)29(36)21-34(30(37)24-6-2-3-7-24)15-14-33-16-18-38-19-17-33/h4-5,8-13,24,28H,2-3,6-7,14-21H2,1H3. The number of hydrogen-bond acceptors (Lipinski definition) is 5. The van der Waals surface area contributed by atoms with E-state index in [1.165, 1.54) is 11.1 Å². The molecule has 2 fully saturated rings. The van der Waals surface area contributed by atoms with Gasteiger partial charge in [-0.25, -0.2) is 9.40 Å². The molecule has 2 amide bonds. The number of nitrogens with zero attached hydrogens (tertiary/aromatic N) is 4. The minimum Gasteiger partial charge on any atom is -0.379 e. The Morgan fingerprint density at radius 3 is 2.47 bits per heavy atom. The number of aryl methyl sites for hydroxylation is 1. The molecule has 0 radical (unpaired) electrons. The lowest BCUT2D eigenvalue weighted by Gasteiger charge is -2.32. The molecule has 1 saturated heterocycles. The normalized spacial score (nSPS) is 20.5. The second kappa shape index (κ2) is 12.2. The van der Waals surface area contributed by atoms with E-state index >= 15 is 0 Å². The Morgan fingerprint density at radius 2 is 1.76 bits per heavy atom. The zero-order valence-electron chi connectivity index (χ0n) is 22.2. The van der Waals surface area contributed by atoms with E-state index in [2.05, 4.69) is 10.0 Å². The maximum Gasteiger partial charge on any atom is 0.262 e. The van der Waals surface area contributed by atoms with Crippen LogP contribution in [0.15, 0.2) is 53.6 Å². The van der Waals surface area contributed by atoms with Crippen LogP contribution in [0.4, 0.5) is 4.39 Å². The van der Waals surface area contributed by atoms with E-state index in [-0.39, 0.29) is 36.1 Å². The first kappa shape index (κ1) is 26.5. The van der Waals surface area contributed by atoms with Gasteiger partial charge in [0.25, 0.3) is 5.91 Å². The van der Waals surface area contributed by atoms with Crippen LogP contribution < -0.4 is 0 Å². The van der Waals surface area contributed by atoms with Crippen LogP contribution in [0.25, 0.3) is 0 Å². The Balaban J connectivity index is 1.38. The van der Waals surface area contributed by atoms with Crippen LogP contribution in [0, 0.1) is 18.7 Å². The molecule has 8 heteroatoms. The van der Waals surface area contributed by atoms with Gasteiger partial charge in [0.05, 0.1) is 25.0 Å². The van der Waals surface area contributed by atoms with Crippen LogP contribution in [0.2, 0.25) is 0 Å². The minimum absolute atomic E-state index is 0.0172. The molecule has 2 aromatic rings. The number of carbonyl (C=O) groups excluding carboxylic acids is 2. The molecule has 7 nitrogen and oxygen atoms in total. The fourth-order valence-corrected chi connectivity index (χ4v) is 5.67. The molecule has 1 aliphatic carbocycles. The minimum atomic E-state index is -0.355. The summed E-state index contributed by atoms with van der Waals surface area (Å²) >= 11 is 0. The number of hydrazone groups is 1. The largest absolute Gasteiger partial charge is 0.379 e. The zero-order valence-corrected chi connectivity index (χ0v) is 22.2. The maximum atomic E-state index is 14.7. The SMILES string of the molecule is Cc1ccc(C2CC(c3ccccc3F)=NN2C(=O)CN(CCN2CCOCC2)C(=O)C2CCCC2)cc1. The molecule has 2 heterocycles. The molecule has 2 aromatic carbocycles. The first-order valence-corrected chi connectivity index (χ1v) is 13.8. The number of halogens is 1. The molecule has 2 aliphatic heterocycles. The highest BCUT2D eigenvalue weighted by molar-refractivity contribution is 6.03. The monoisotopic (exact) mass is 520 g/mol. The van der Waals surface area contributed by atoms with E-state index in [4.69, 9.17) is 4.74 Å². The Kier molecular flexibility index (Phi) is 8.49. The predicted octanol–water partition coefficient (Wildman–Crippen LogP) is 4.16. The van der Waals surface area contributed by atoms with Crippen molar-refractivity contribution < 1.29 is 18.7 Å². The van der Waals surface area contributed by atoms with Gasteiger partial charge < -0.3 is 9.64 Å². The average Bonchev–Trinajstić information content (AvgIpc) is 3.63. The van der Waals surface area contributed by atoms with Gasteiger partial charge in [-0.1, -0.05) is 60.9 Å². The average molecular weight is 521 g/mol. The van der Waals surface area contributed by atoms with Gasteiger partial charge in [-0.3, -0.25) is 14.5 Å². The topological polar surface area (TPSA) is 65.5 Å². The van der Waals surface area contributed by atoms with Crippen molar-refractivity contribution in [3.05, 3.63) is 71.0 Å². The molecular weight excluding hydrogens is 483 g/mol. The summed E-state index contributed by atoms with van der Waals surface area (Å²) in [5.41, 5.74) is 3.02. The number of benzene rings is 2. The highest BCUT2D eigenvalue weighted by Crippen LogP contribution is 2.34. The van der Waals surface area contributed by atoms with Crippen molar-refractivity contribution in [2.75, 3.05) is 45.9 Å². The van der Waals surface area contributed by atoms with Gasteiger partial charge in [-0.15, -0.1) is 0 Å². The lowest BCUT2D eigenvalue weighted by molar-refractivity contribution is -0.144. The summed E-state index contributed by atoms with van der Waals surface area (Å²) in [5.74, 6) is -0.549. The number of amides is 2. The summed E-state index contributed by atoms with van der Waals surface area (Å²) in [6, 6.07) is 14.2. The molecule has 0 N–H and O–H groups in total. The molecule has 202 valence electrons. The quantitative estimate of drug-likeness (QED) is 0.524. The van der Waals surface area contributed by atoms with Crippen LogP contribution in [0.5, 0.6) is 0 Å². The Labute approximate surface area is 224 Å². The van der Waals surface area contributed by atoms with Crippen molar-refractivity contribution in [2.45, 2.75) is 45.1 Å². The summed E-state index contributed by atoms with van der Waals surface area (Å²) < 4.78 is 20.1. The Hall–Kier alpha value is -3.10. The summed E-state index contributed by atoms with van der Waals surface area (Å²) in [7, 11) is 0. The number of rotatable bonds is 8. The lowest BCUT2D eigenvalue weighted by atomic mass is 9.97. The fraction of sp³-hybridized carbons (Fsp3) is 0.500. The Bertz CT molecular complexity index is 1160. The highest BCUT2D eigenvalue weighted by atomic mass is 19.1. The lowest BCUT2D eigenvalue weighted by Crippen LogP contribution is -2.47. The van der Waals surface area contributed by atoms with Crippen LogP contribution >= 0.6 is 0 Å². The summed E-state index contributed by atoms with van der Waals surface area (Å²) in [5, 5.41) is 6.14. The number of carbonyl (C=O) groups is 2. The second-order valence-electron chi connectivity index (χ2n) is 10.6. The molecule has 1 unspecified atom stereocenters. The van der Waals surface area contributed by atoms with Crippen molar-refractivity contribution in [3.8, 4) is 0 Å². The molecule has 38 heavy (non-hydrogen) atoms. The van der Waals surface area contributed by atoms with Crippen LogP contribution in [0.1, 0.15) is 54.8 Å². The van der Waals surface area contributed by atoms with Gasteiger partial charge in [0, 0.05) is 44.1 Å². The summed E-state index contributed by atoms with van der Waals surface area (Å²) in [6.07, 6.45) is 4.29. The van der Waals surface area contributed by atoms with Crippen LogP contribution in [-0.2, 0) is 14.3 Å². The molecule has 1 saturated carbocycles. The van der Waals surface area contributed by atoms with Gasteiger partial charge in [0.15, 0.2) is 0 Å². The smallest absolute Gasteiger partial charge is 0.262 e. The first-order chi connectivity index (χ1) is 18.5. The third-order valence-corrected chi connectivity index (χ3v) is 7.94. The third kappa shape index (κ3) is 6.13. The van der Waals surface area contributed by atoms with E-state index in [0.29, 0.717) is 44.0 Å². The molecule has 0 spiro atoms. The third-order valence-electron chi connectivity index (χ3n) is 7.94. The van der Waals surface area contributed by atoms with E-state index in [1.54, 1.807) is 23.1 Å². The summed E-state index contributed by atoms with van der Waals surface area (Å²) in [4.78, 5) is 31.4. The predicted molar refractivity (Wildman–Crippen MR) is 144 cm³/mol. The van der Waals surface area contributed by atoms with Gasteiger partial charge in [0.2, 0.25) is 5.91 Å². The number of hydrogen-bond donors (Lipinski definition) is 0. The van der Waals surface area contributed by atoms with E-state index in [9.17, 15) is 14.0 Å². The second-order valence-corrected chi connectivity index (χ2v) is 10.6. The summed E-state index contributed by atoms with van der Waals surface area (Å²) in [6.45, 7) is 6.23. The molecule has 0 aromatic heterocycles. The zero-order chi connectivity index (χ0) is 26.5. The first-order valence-electron chi connectivity index (χ1n) is 13.8. The van der Waals surface area contributed by atoms with Crippen molar-refractivity contribution in [1.82, 2.24) is 14.8 Å². The van der Waals surface area contributed by atoms with Crippen LogP contribution in [0.3, 0.4) is 0 Å². The molecular formula is C30H37FN4O3.